The number of Topliss-reactive ketones (excluding diaryl/α,β-unsaturated/α-hetero) is 2. The summed E-state index contributed by atoms with van der Waals surface area (Å²) in [6.45, 7) is -25.7. The molecule has 726 valence electrons. The zero-order valence-corrected chi connectivity index (χ0v) is 77.5. The molecule has 0 spiro atoms. The molecular formula is C63H68F5N25O30P6S6. The molecule has 0 aliphatic carbocycles. The average molecular weight is 2130 g/mol. The Morgan fingerprint density at radius 3 is 1.31 bits per heavy atom. The molecule has 6 unspecified atom stereocenters. The van der Waals surface area contributed by atoms with Crippen LogP contribution in [-0.4, -0.2) is 295 Å². The van der Waals surface area contributed by atoms with Gasteiger partial charge in [-0.05, 0) is 53.3 Å². The van der Waals surface area contributed by atoms with Gasteiger partial charge in [-0.15, -0.1) is 11.8 Å². The van der Waals surface area contributed by atoms with E-state index in [1.54, 1.807) is 0 Å². The lowest BCUT2D eigenvalue weighted by molar-refractivity contribution is -0.0630. The molecule has 21 rings (SSSR count). The van der Waals surface area contributed by atoms with Crippen molar-refractivity contribution in [1.29, 1.82) is 0 Å². The van der Waals surface area contributed by atoms with E-state index in [2.05, 4.69) is 87.0 Å². The summed E-state index contributed by atoms with van der Waals surface area (Å²) in [7, 11) is -5.14. The molecule has 135 heavy (non-hydrogen) atoms. The van der Waals surface area contributed by atoms with Crippen molar-refractivity contribution in [3.05, 3.63) is 92.7 Å². The Balaban J connectivity index is 0.000000130. The molecule has 55 nitrogen and oxygen atoms in total. The van der Waals surface area contributed by atoms with Crippen LogP contribution in [-0.2, 0) is 134 Å². The molecule has 0 saturated carbocycles. The number of thioether (sulfide) groups is 1. The van der Waals surface area contributed by atoms with Crippen molar-refractivity contribution in [3.63, 3.8) is 0 Å². The van der Waals surface area contributed by atoms with Crippen LogP contribution in [0.25, 0.3) is 44.7 Å². The first-order valence-electron chi connectivity index (χ1n) is 39.2. The molecule has 30 atom stereocenters. The molecule has 11 aliphatic rings. The number of nitrogens with one attached hydrogen (secondary N) is 3. The third-order valence-corrected chi connectivity index (χ3v) is 32.5. The standard InChI is InChI=1S/C21H23F2N9O10P2S.C21H22F2N8O9P2S3.C21H23FN8O11P2S2/c22-10-8-3-37-43(34,35)41-14-9(40-19(11(14)23)31-5-27-12-7(24)1-2-26-16(12)31)4-38-44(36,45)42-15(10)20(39-8)32-6-28-13-17(32)29-21(25)30-18(13)33;22-10-9-4-37-42(35,44)39-14-8(38-19(11(14)23)30-5-26-12-7(32)1-2-25-16(12)30)3-36-41(34,43)40-15(10)20(45-9)31-6-27-13-17(31)28-21(24)29-18(13)33;22-10-14-9(39-19(10)29-5-25-11-7(31)1-2-24-16(11)29)4-37-43(35,45)41-15-13(32)8(3-36-42(34,44)40-14)38-20(15)30-6-26-12-17(30)27-21(23)28-18(12)33/h1-2,5-6,8-11,14-15,19-20H,3-4H2,(H2,24,26)(H,34,35)(H,36,45)(H3,25,29,30,33);2,5-6,8-11,14-15,19-20H,1,3-4H2,(H,34,43)(H,35,44)(H3,24,28,29,33);2,5-6,8-10,13-15,19-20,32H,1,3-4H2,(H,34,44)(H,35,45)(H3,23,27,28,33)/t8-,9-,10-,11+,14-,15-,19-,20-,44?;8-,9-,10-,11+,14-,15-,19-,20-,41?,42?;8-,9-,10+,13-,14-,15-,19-,20-,42?,43?/m111/s1. The van der Waals surface area contributed by atoms with Crippen LogP contribution in [0, 0.1) is 0 Å². The van der Waals surface area contributed by atoms with E-state index >= 15 is 22.0 Å². The van der Waals surface area contributed by atoms with Gasteiger partial charge in [0.25, 0.3) is 16.7 Å². The lowest BCUT2D eigenvalue weighted by Crippen LogP contribution is -2.35. The van der Waals surface area contributed by atoms with Crippen LogP contribution in [0.15, 0.2) is 74.6 Å². The minimum absolute atomic E-state index is 0.00922. The predicted molar refractivity (Wildman–Crippen MR) is 466 cm³/mol. The number of carbonyl (C=O) groups excluding carboxylic acids is 2. The number of aliphatic hydroxyl groups excluding tert-OH is 1. The number of fused-ring (bicyclic) bond motifs is 15. The molecule has 11 aliphatic heterocycles. The number of pyridine rings is 1. The molecule has 9 fully saturated rings. The molecule has 0 amide bonds. The minimum atomic E-state index is -5.14. The number of nitrogens with two attached hydrogens (primary N) is 4. The van der Waals surface area contributed by atoms with Gasteiger partial charge in [-0.2, -0.15) is 15.0 Å². The van der Waals surface area contributed by atoms with Crippen LogP contribution in [0.4, 0.5) is 57.1 Å². The molecule has 9 saturated heterocycles. The number of ketones is 2. The van der Waals surface area contributed by atoms with Crippen molar-refractivity contribution in [2.45, 2.75) is 159 Å². The predicted octanol–water partition coefficient (Wildman–Crippen LogP) is 2.11. The topological polar surface area (TPSA) is 732 Å². The van der Waals surface area contributed by atoms with Gasteiger partial charge in [-0.1, -0.05) is 12.2 Å². The van der Waals surface area contributed by atoms with Crippen molar-refractivity contribution < 1.29 is 148 Å². The summed E-state index contributed by atoms with van der Waals surface area (Å²) in [5.41, 5.74) is 21.2. The molecule has 17 N–H and O–H groups in total. The molecule has 10 aromatic rings. The molecule has 0 aromatic carbocycles. The fraction of sp³-hybridized carbons (Fsp3) is 0.508. The number of nitrogen functional groups attached to an aromatic ring is 4. The Morgan fingerprint density at radius 2 is 0.807 bits per heavy atom. The van der Waals surface area contributed by atoms with Crippen molar-refractivity contribution in [2.75, 3.05) is 62.6 Å². The number of anilines is 4. The van der Waals surface area contributed by atoms with Gasteiger partial charge in [0.05, 0.1) is 88.5 Å². The Bertz CT molecular complexity index is 6710. The Labute approximate surface area is 776 Å². The minimum Gasteiger partial charge on any atom is -0.397 e. The van der Waals surface area contributed by atoms with Gasteiger partial charge in [-0.3, -0.25) is 103 Å². The maximum atomic E-state index is 16.0. The number of aromatic nitrogens is 19. The summed E-state index contributed by atoms with van der Waals surface area (Å²) in [6.07, 6.45) is -25.0. The smallest absolute Gasteiger partial charge is 0.397 e. The summed E-state index contributed by atoms with van der Waals surface area (Å²) in [6, 6.07) is 1.49. The Hall–Kier alpha value is -7.54. The van der Waals surface area contributed by atoms with Crippen molar-refractivity contribution in [2.24, 2.45) is 9.98 Å². The molecule has 21 heterocycles. The fourth-order valence-electron chi connectivity index (χ4n) is 16.1. The number of carbonyl (C=O) groups is 2. The van der Waals surface area contributed by atoms with E-state index in [1.807, 2.05) is 0 Å². The van der Waals surface area contributed by atoms with Gasteiger partial charge in [0.1, 0.15) is 90.3 Å². The average Bonchev–Trinajstić information content (AvgIpc) is 1.61. The number of nitrogens with zero attached hydrogens (tertiary/aromatic N) is 18. The second kappa shape index (κ2) is 36.8. The lowest BCUT2D eigenvalue weighted by Gasteiger charge is -2.27. The quantitative estimate of drug-likeness (QED) is 0.0644. The zero-order chi connectivity index (χ0) is 95.5. The molecule has 10 aromatic heterocycles. The number of alkyl halides is 5. The number of H-pyrrole nitrogens is 3. The number of phosphoric ester groups is 1. The molecule has 72 heteroatoms. The van der Waals surface area contributed by atoms with Gasteiger partial charge in [0, 0.05) is 31.5 Å². The summed E-state index contributed by atoms with van der Waals surface area (Å²) in [5, 5.41) is 8.99. The summed E-state index contributed by atoms with van der Waals surface area (Å²) in [4.78, 5) is 171. The summed E-state index contributed by atoms with van der Waals surface area (Å²) >= 11 is 25.6. The van der Waals surface area contributed by atoms with E-state index in [9.17, 15) is 62.7 Å². The molecular weight excluding hydrogens is 2060 g/mol. The van der Waals surface area contributed by atoms with Crippen molar-refractivity contribution >= 4 is 217 Å². The number of phosphoric acid groups is 1. The second-order valence-corrected chi connectivity index (χ2v) is 47.5. The summed E-state index contributed by atoms with van der Waals surface area (Å²) in [5.74, 6) is -1.27. The number of aliphatic imine (C=N–C) groups is 2. The van der Waals surface area contributed by atoms with Gasteiger partial charge in [0.15, 0.2) is 130 Å². The van der Waals surface area contributed by atoms with E-state index in [4.69, 9.17) is 148 Å². The second-order valence-electron chi connectivity index (χ2n) is 30.7. The highest BCUT2D eigenvalue weighted by Gasteiger charge is 2.59. The first kappa shape index (κ1) is 96.3. The molecule has 6 bridgehead atoms. The first-order chi connectivity index (χ1) is 63.9. The van der Waals surface area contributed by atoms with Crippen molar-refractivity contribution in [1.82, 2.24) is 92.2 Å². The number of aromatic amines is 3. The van der Waals surface area contributed by atoms with Crippen LogP contribution < -0.4 is 39.6 Å². The zero-order valence-electron chi connectivity index (χ0n) is 67.2. The van der Waals surface area contributed by atoms with Gasteiger partial charge in [0.2, 0.25) is 17.8 Å². The Morgan fingerprint density at radius 1 is 0.422 bits per heavy atom. The maximum Gasteiger partial charge on any atom is 0.472 e. The highest BCUT2D eigenvalue weighted by atomic mass is 32.7. The van der Waals surface area contributed by atoms with Crippen LogP contribution in [0.3, 0.4) is 0 Å². The third-order valence-electron chi connectivity index (χ3n) is 22.1. The Kier molecular flexibility index (Phi) is 26.3. The summed E-state index contributed by atoms with van der Waals surface area (Å²) < 4.78 is 208. The van der Waals surface area contributed by atoms with E-state index in [0.717, 1.165) is 22.7 Å². The van der Waals surface area contributed by atoms with Crippen LogP contribution in [0.2, 0.25) is 0 Å². The van der Waals surface area contributed by atoms with Gasteiger partial charge in [-0.25, -0.2) is 76.0 Å². The van der Waals surface area contributed by atoms with Crippen molar-refractivity contribution in [3.8, 4) is 0 Å². The number of ether oxygens (including phenoxy) is 5. The van der Waals surface area contributed by atoms with Crippen LogP contribution in [0.1, 0.15) is 70.3 Å². The number of halogens is 5. The number of hydrogen-bond donors (Lipinski definition) is 14. The van der Waals surface area contributed by atoms with E-state index in [1.165, 1.54) is 79.2 Å². The largest absolute Gasteiger partial charge is 0.472 e. The van der Waals surface area contributed by atoms with Crippen LogP contribution in [0.5, 0.6) is 0 Å². The van der Waals surface area contributed by atoms with Crippen LogP contribution >= 0.6 is 65.5 Å². The number of aliphatic hydroxyl groups is 1. The SMILES string of the molecule is Nc1nc2c(ncn2[C@@H]2O[C@@H]3COP(=O)(O)O[C@H]4[C@H](F)[C@H](n5cnc6c(N)ccnc65)O[C@@H]4COP(O)(=S)O[C@@H]2[C@@H]3F)c(=O)[nH]1.Nc1nc2c(ncn2[C@@H]2O[C@@H]3COP(O)(=S)O[C@H]4[C@H](F)[C@H](n5cnc6c5N=CCC6=O)O[C@@H]4COP(=O)(S)O[C@@H]2[C@@H]3O)c(=O)[nH]1.Nc1nc2c(ncn2[C@@H]2S[C@@H]3COP(O)(=S)O[C@H]4[C@H](F)[C@H](n5cnc6c5N=CCC6=O)O[C@@H]4COP(O)(=S)O[C@@H]2[C@@H]3F)c(=O)[nH]1. The van der Waals surface area contributed by atoms with E-state index in [-0.39, 0.29) is 116 Å². The monoisotopic (exact) mass is 2130 g/mol. The number of thiol groups is 1. The molecule has 0 radical (unpaired) electrons. The van der Waals surface area contributed by atoms with E-state index in [0.29, 0.717) is 0 Å². The van der Waals surface area contributed by atoms with Gasteiger partial charge < -0.3 is 94.3 Å². The highest BCUT2D eigenvalue weighted by molar-refractivity contribution is 8.44. The van der Waals surface area contributed by atoms with Gasteiger partial charge >= 0.3 is 41.5 Å². The van der Waals surface area contributed by atoms with E-state index < -0.39 is 244 Å². The lowest BCUT2D eigenvalue weighted by atomic mass is 10.1. The number of hydrogen-bond acceptors (Lipinski definition) is 46. The fourth-order valence-corrected chi connectivity index (χ4v) is 25.8. The third kappa shape index (κ3) is 18.8. The first-order valence-corrected chi connectivity index (χ1v) is 54.7. The maximum absolute atomic E-state index is 16.0. The number of rotatable bonds is 6. The normalized spacial score (nSPS) is 38.4. The number of imidazole rings is 6. The highest BCUT2D eigenvalue weighted by Crippen LogP contribution is 2.62.